The third-order valence-electron chi connectivity index (χ3n) is 2.69. The molecule has 1 rings (SSSR count). The molecule has 4 nitrogen and oxygen atoms in total. The van der Waals surface area contributed by atoms with Gasteiger partial charge in [0.1, 0.15) is 0 Å². The Morgan fingerprint density at radius 3 is 2.27 bits per heavy atom. The number of nitrogens with one attached hydrogen (secondary N) is 2. The van der Waals surface area contributed by atoms with E-state index >= 15 is 0 Å². The highest BCUT2D eigenvalue weighted by Crippen LogP contribution is 2.17. The van der Waals surface area contributed by atoms with Crippen molar-refractivity contribution in [2.45, 2.75) is 46.1 Å². The second-order valence-electron chi connectivity index (χ2n) is 5.13. The second-order valence-corrected chi connectivity index (χ2v) is 5.13. The molecule has 2 amide bonds. The van der Waals surface area contributed by atoms with Gasteiger partial charge in [0.05, 0.1) is 6.54 Å². The van der Waals surface area contributed by atoms with Crippen LogP contribution in [-0.4, -0.2) is 24.4 Å². The number of amides is 2. The maximum absolute atomic E-state index is 11.5. The lowest BCUT2D eigenvalue weighted by Gasteiger charge is -2.26. The molecule has 0 saturated heterocycles. The summed E-state index contributed by atoms with van der Waals surface area (Å²) in [7, 11) is 0. The molecule has 0 aromatic rings. The molecule has 0 unspecified atom stereocenters. The molecule has 0 bridgehead atoms. The van der Waals surface area contributed by atoms with Gasteiger partial charge in [0.2, 0.25) is 0 Å². The fourth-order valence-electron chi connectivity index (χ4n) is 1.21. The van der Waals surface area contributed by atoms with Crippen LogP contribution in [-0.2, 0) is 4.79 Å². The smallest absolute Gasteiger partial charge is 0.315 e. The van der Waals surface area contributed by atoms with Crippen LogP contribution in [0.2, 0.25) is 0 Å². The minimum atomic E-state index is -0.385. The van der Waals surface area contributed by atoms with E-state index in [0.29, 0.717) is 6.04 Å². The second kappa shape index (κ2) is 4.64. The van der Waals surface area contributed by atoms with E-state index in [4.69, 9.17) is 0 Å². The van der Waals surface area contributed by atoms with Crippen LogP contribution in [0.5, 0.6) is 0 Å². The highest BCUT2D eigenvalue weighted by molar-refractivity contribution is 5.88. The lowest BCUT2D eigenvalue weighted by Crippen LogP contribution is -2.47. The van der Waals surface area contributed by atoms with E-state index in [1.54, 1.807) is 0 Å². The van der Waals surface area contributed by atoms with Crippen LogP contribution >= 0.6 is 0 Å². The Morgan fingerprint density at radius 1 is 1.27 bits per heavy atom. The number of urea groups is 1. The first kappa shape index (κ1) is 12.0. The van der Waals surface area contributed by atoms with Gasteiger partial charge in [-0.15, -0.1) is 0 Å². The molecule has 1 aliphatic carbocycles. The van der Waals surface area contributed by atoms with Crippen molar-refractivity contribution < 1.29 is 9.59 Å². The Kier molecular flexibility index (Phi) is 3.72. The molecule has 15 heavy (non-hydrogen) atoms. The maximum atomic E-state index is 11.5. The molecular weight excluding hydrogens is 192 g/mol. The first-order valence-electron chi connectivity index (χ1n) is 5.47. The van der Waals surface area contributed by atoms with Gasteiger partial charge >= 0.3 is 6.03 Å². The van der Waals surface area contributed by atoms with E-state index in [1.165, 1.54) is 6.42 Å². The average Bonchev–Trinajstić information content (AvgIpc) is 2.05. The number of hydrogen-bond donors (Lipinski definition) is 2. The Bertz CT molecular complexity index is 252. The van der Waals surface area contributed by atoms with Crippen molar-refractivity contribution in [3.05, 3.63) is 0 Å². The van der Waals surface area contributed by atoms with Gasteiger partial charge in [-0.3, -0.25) is 4.79 Å². The SMILES string of the molecule is CC(C)(C)C(=O)CNC(=O)NC1CCC1. The lowest BCUT2D eigenvalue weighted by atomic mass is 9.91. The van der Waals surface area contributed by atoms with Crippen molar-refractivity contribution in [1.82, 2.24) is 10.6 Å². The molecule has 0 heterocycles. The molecular formula is C11H20N2O2. The predicted octanol–water partition coefficient (Wildman–Crippen LogP) is 1.45. The number of carbonyl (C=O) groups excluding carboxylic acids is 2. The van der Waals surface area contributed by atoms with Crippen molar-refractivity contribution >= 4 is 11.8 Å². The monoisotopic (exact) mass is 212 g/mol. The Hall–Kier alpha value is -1.06. The zero-order chi connectivity index (χ0) is 11.5. The minimum absolute atomic E-state index is 0.0475. The van der Waals surface area contributed by atoms with Crippen LogP contribution in [0.4, 0.5) is 4.79 Å². The zero-order valence-corrected chi connectivity index (χ0v) is 9.72. The summed E-state index contributed by atoms with van der Waals surface area (Å²) in [5.41, 5.74) is -0.385. The Morgan fingerprint density at radius 2 is 1.87 bits per heavy atom. The van der Waals surface area contributed by atoms with E-state index in [2.05, 4.69) is 10.6 Å². The van der Waals surface area contributed by atoms with Crippen LogP contribution in [0.25, 0.3) is 0 Å². The summed E-state index contributed by atoms with van der Waals surface area (Å²) in [5.74, 6) is 0.0475. The number of ketones is 1. The van der Waals surface area contributed by atoms with E-state index < -0.39 is 0 Å². The number of hydrogen-bond acceptors (Lipinski definition) is 2. The molecule has 0 aromatic carbocycles. The first-order chi connectivity index (χ1) is 6.89. The third kappa shape index (κ3) is 3.90. The van der Waals surface area contributed by atoms with Crippen molar-refractivity contribution in [2.75, 3.05) is 6.54 Å². The number of carbonyl (C=O) groups is 2. The van der Waals surface area contributed by atoms with Crippen LogP contribution in [0, 0.1) is 5.41 Å². The molecule has 0 aliphatic heterocycles. The molecule has 2 N–H and O–H groups in total. The molecule has 0 radical (unpaired) electrons. The lowest BCUT2D eigenvalue weighted by molar-refractivity contribution is -0.125. The quantitative estimate of drug-likeness (QED) is 0.744. The standard InChI is InChI=1S/C11H20N2O2/c1-11(2,3)9(14)7-12-10(15)13-8-5-4-6-8/h8H,4-7H2,1-3H3,(H2,12,13,15). The topological polar surface area (TPSA) is 58.2 Å². The van der Waals surface area contributed by atoms with Gasteiger partial charge in [0, 0.05) is 11.5 Å². The summed E-state index contributed by atoms with van der Waals surface area (Å²) in [6.45, 7) is 5.66. The van der Waals surface area contributed by atoms with E-state index in [-0.39, 0.29) is 23.8 Å². The van der Waals surface area contributed by atoms with Gasteiger partial charge < -0.3 is 10.6 Å². The fourth-order valence-corrected chi connectivity index (χ4v) is 1.21. The minimum Gasteiger partial charge on any atom is -0.335 e. The molecule has 0 atom stereocenters. The summed E-state index contributed by atoms with van der Waals surface area (Å²) >= 11 is 0. The maximum Gasteiger partial charge on any atom is 0.315 e. The molecule has 1 saturated carbocycles. The number of rotatable bonds is 3. The van der Waals surface area contributed by atoms with Crippen LogP contribution in [0.15, 0.2) is 0 Å². The molecule has 0 spiro atoms. The van der Waals surface area contributed by atoms with Gasteiger partial charge in [0.25, 0.3) is 0 Å². The van der Waals surface area contributed by atoms with Crippen LogP contribution in [0.3, 0.4) is 0 Å². The number of Topliss-reactive ketones (excluding diaryl/α,β-unsaturated/α-hetero) is 1. The largest absolute Gasteiger partial charge is 0.335 e. The van der Waals surface area contributed by atoms with Gasteiger partial charge in [0.15, 0.2) is 5.78 Å². The highest BCUT2D eigenvalue weighted by atomic mass is 16.2. The highest BCUT2D eigenvalue weighted by Gasteiger charge is 2.23. The molecule has 0 aromatic heterocycles. The normalized spacial score (nSPS) is 16.7. The third-order valence-corrected chi connectivity index (χ3v) is 2.69. The van der Waals surface area contributed by atoms with Crippen molar-refractivity contribution in [1.29, 1.82) is 0 Å². The molecule has 1 aliphatic rings. The Balaban J connectivity index is 2.18. The summed E-state index contributed by atoms with van der Waals surface area (Å²) in [6.07, 6.45) is 3.30. The fraction of sp³-hybridized carbons (Fsp3) is 0.818. The summed E-state index contributed by atoms with van der Waals surface area (Å²) in [6, 6.07) is 0.0899. The van der Waals surface area contributed by atoms with Gasteiger partial charge in [-0.1, -0.05) is 20.8 Å². The zero-order valence-electron chi connectivity index (χ0n) is 9.72. The van der Waals surface area contributed by atoms with E-state index in [0.717, 1.165) is 12.8 Å². The van der Waals surface area contributed by atoms with Crippen molar-refractivity contribution in [3.63, 3.8) is 0 Å². The van der Waals surface area contributed by atoms with Gasteiger partial charge in [-0.25, -0.2) is 4.79 Å². The Labute approximate surface area is 90.8 Å². The van der Waals surface area contributed by atoms with Crippen molar-refractivity contribution in [3.8, 4) is 0 Å². The first-order valence-corrected chi connectivity index (χ1v) is 5.47. The van der Waals surface area contributed by atoms with Crippen LogP contribution in [0.1, 0.15) is 40.0 Å². The van der Waals surface area contributed by atoms with E-state index in [9.17, 15) is 9.59 Å². The molecule has 1 fully saturated rings. The van der Waals surface area contributed by atoms with Gasteiger partial charge in [-0.2, -0.15) is 0 Å². The average molecular weight is 212 g/mol. The molecule has 4 heteroatoms. The van der Waals surface area contributed by atoms with Gasteiger partial charge in [-0.05, 0) is 19.3 Å². The van der Waals surface area contributed by atoms with E-state index in [1.807, 2.05) is 20.8 Å². The van der Waals surface area contributed by atoms with Crippen molar-refractivity contribution in [2.24, 2.45) is 5.41 Å². The van der Waals surface area contributed by atoms with Crippen LogP contribution < -0.4 is 10.6 Å². The summed E-state index contributed by atoms with van der Waals surface area (Å²) in [5, 5.41) is 5.41. The predicted molar refractivity (Wildman–Crippen MR) is 58.6 cm³/mol. The summed E-state index contributed by atoms with van der Waals surface area (Å²) in [4.78, 5) is 22.8. The summed E-state index contributed by atoms with van der Waals surface area (Å²) < 4.78 is 0. The molecule has 86 valence electrons.